The molecule has 0 fully saturated rings. The van der Waals surface area contributed by atoms with Crippen LogP contribution in [0.5, 0.6) is 5.75 Å². The molecule has 0 atom stereocenters. The summed E-state index contributed by atoms with van der Waals surface area (Å²) in [7, 11) is 0. The second-order valence-electron chi connectivity index (χ2n) is 7.04. The Morgan fingerprint density at radius 3 is 2.66 bits per heavy atom. The number of benzene rings is 3. The Hall–Kier alpha value is -4.51. The standard InChI is InChI=1S/C24H16F2N4O2/c25-19-8-15(9-20(26)11-19)14-30-7-6-21-17(2-1-3-22(21)30)13-28-29-24(32)16-4-5-23(31)18(10-16)12-27/h1-11,13,31H,14H2,(H,29,32). The number of nitrogens with one attached hydrogen (secondary N) is 1. The zero-order valence-electron chi connectivity index (χ0n) is 16.6. The molecule has 6 nitrogen and oxygen atoms in total. The molecule has 158 valence electrons. The fraction of sp³-hybridized carbons (Fsp3) is 0.0417. The second-order valence-corrected chi connectivity index (χ2v) is 7.04. The van der Waals surface area contributed by atoms with E-state index in [-0.39, 0.29) is 23.4 Å². The lowest BCUT2D eigenvalue weighted by Crippen LogP contribution is -2.17. The normalized spacial score (nSPS) is 11.0. The SMILES string of the molecule is N#Cc1cc(C(=O)NN=Cc2cccc3c2ccn3Cc2cc(F)cc(F)c2)ccc1O. The molecule has 0 aliphatic carbocycles. The number of phenols is 1. The van der Waals surface area contributed by atoms with Crippen molar-refractivity contribution in [1.29, 1.82) is 5.26 Å². The molecule has 8 heteroatoms. The zero-order valence-corrected chi connectivity index (χ0v) is 16.6. The molecule has 0 radical (unpaired) electrons. The Balaban J connectivity index is 1.53. The number of nitriles is 1. The molecular weight excluding hydrogens is 414 g/mol. The van der Waals surface area contributed by atoms with Gasteiger partial charge in [0, 0.05) is 40.8 Å². The molecule has 0 aliphatic heterocycles. The van der Waals surface area contributed by atoms with Crippen molar-refractivity contribution in [2.24, 2.45) is 5.10 Å². The number of aromatic hydroxyl groups is 1. The van der Waals surface area contributed by atoms with E-state index in [2.05, 4.69) is 10.5 Å². The first-order chi connectivity index (χ1) is 15.4. The molecule has 2 N–H and O–H groups in total. The number of amides is 1. The number of hydrogen-bond donors (Lipinski definition) is 2. The molecule has 4 rings (SSSR count). The van der Waals surface area contributed by atoms with Crippen molar-refractivity contribution >= 4 is 23.0 Å². The highest BCUT2D eigenvalue weighted by Crippen LogP contribution is 2.21. The minimum absolute atomic E-state index is 0.00841. The van der Waals surface area contributed by atoms with E-state index in [1.54, 1.807) is 6.07 Å². The predicted octanol–water partition coefficient (Wildman–Crippen LogP) is 4.31. The van der Waals surface area contributed by atoms with Gasteiger partial charge in [-0.15, -0.1) is 0 Å². The minimum atomic E-state index is -0.629. The van der Waals surface area contributed by atoms with E-state index in [0.29, 0.717) is 5.56 Å². The first kappa shape index (κ1) is 20.8. The molecule has 1 aromatic heterocycles. The van der Waals surface area contributed by atoms with Crippen LogP contribution >= 0.6 is 0 Å². The first-order valence-corrected chi connectivity index (χ1v) is 9.54. The Morgan fingerprint density at radius 2 is 1.91 bits per heavy atom. The van der Waals surface area contributed by atoms with Gasteiger partial charge in [-0.3, -0.25) is 4.79 Å². The molecule has 3 aromatic carbocycles. The average Bonchev–Trinajstić information content (AvgIpc) is 3.17. The van der Waals surface area contributed by atoms with Crippen molar-refractivity contribution in [1.82, 2.24) is 9.99 Å². The third-order valence-corrected chi connectivity index (χ3v) is 4.87. The van der Waals surface area contributed by atoms with E-state index < -0.39 is 17.5 Å². The Labute approximate surface area is 181 Å². The molecule has 1 heterocycles. The van der Waals surface area contributed by atoms with E-state index in [4.69, 9.17) is 5.26 Å². The van der Waals surface area contributed by atoms with Gasteiger partial charge < -0.3 is 9.67 Å². The summed E-state index contributed by atoms with van der Waals surface area (Å²) in [6.07, 6.45) is 3.29. The van der Waals surface area contributed by atoms with E-state index in [9.17, 15) is 18.7 Å². The molecule has 0 spiro atoms. The maximum absolute atomic E-state index is 13.5. The van der Waals surface area contributed by atoms with Crippen molar-refractivity contribution in [3.05, 3.63) is 101 Å². The van der Waals surface area contributed by atoms with Gasteiger partial charge in [-0.05, 0) is 48.0 Å². The lowest BCUT2D eigenvalue weighted by Gasteiger charge is -2.07. The predicted molar refractivity (Wildman–Crippen MR) is 115 cm³/mol. The molecule has 0 bridgehead atoms. The van der Waals surface area contributed by atoms with Crippen LogP contribution in [-0.2, 0) is 6.54 Å². The average molecular weight is 430 g/mol. The maximum atomic E-state index is 13.5. The van der Waals surface area contributed by atoms with Gasteiger partial charge in [0.2, 0.25) is 0 Å². The smallest absolute Gasteiger partial charge is 0.271 e. The number of hydrogen-bond acceptors (Lipinski definition) is 4. The van der Waals surface area contributed by atoms with E-state index in [1.807, 2.05) is 35.0 Å². The van der Waals surface area contributed by atoms with Gasteiger partial charge in [0.25, 0.3) is 5.91 Å². The summed E-state index contributed by atoms with van der Waals surface area (Å²) < 4.78 is 28.8. The number of rotatable bonds is 5. The highest BCUT2D eigenvalue weighted by molar-refractivity contribution is 6.00. The molecular formula is C24H16F2N4O2. The Bertz CT molecular complexity index is 1380. The van der Waals surface area contributed by atoms with Gasteiger partial charge in [0.1, 0.15) is 23.5 Å². The summed E-state index contributed by atoms with van der Waals surface area (Å²) in [6.45, 7) is 0.289. The maximum Gasteiger partial charge on any atom is 0.271 e. The summed E-state index contributed by atoms with van der Waals surface area (Å²) in [6, 6.07) is 16.5. The molecule has 0 saturated carbocycles. The number of fused-ring (bicyclic) bond motifs is 1. The summed E-state index contributed by atoms with van der Waals surface area (Å²) in [5, 5.41) is 23.3. The lowest BCUT2D eigenvalue weighted by molar-refractivity contribution is 0.0955. The fourth-order valence-corrected chi connectivity index (χ4v) is 3.39. The largest absolute Gasteiger partial charge is 0.507 e. The number of aromatic nitrogens is 1. The molecule has 1 amide bonds. The van der Waals surface area contributed by atoms with E-state index in [1.165, 1.54) is 36.5 Å². The van der Waals surface area contributed by atoms with E-state index >= 15 is 0 Å². The van der Waals surface area contributed by atoms with Gasteiger partial charge in [-0.1, -0.05) is 12.1 Å². The van der Waals surface area contributed by atoms with Crippen LogP contribution in [-0.4, -0.2) is 21.8 Å². The molecule has 0 saturated heterocycles. The number of nitrogens with zero attached hydrogens (tertiary/aromatic N) is 3. The number of phenolic OH excluding ortho intramolecular Hbond substituents is 1. The Kier molecular flexibility index (Phi) is 5.64. The van der Waals surface area contributed by atoms with Crippen LogP contribution in [0.4, 0.5) is 8.78 Å². The van der Waals surface area contributed by atoms with Gasteiger partial charge >= 0.3 is 0 Å². The van der Waals surface area contributed by atoms with Crippen molar-refractivity contribution in [3.63, 3.8) is 0 Å². The van der Waals surface area contributed by atoms with Crippen LogP contribution in [0.15, 0.2) is 72.0 Å². The summed E-state index contributed by atoms with van der Waals surface area (Å²) in [5.74, 6) is -1.99. The summed E-state index contributed by atoms with van der Waals surface area (Å²) in [4.78, 5) is 12.3. The van der Waals surface area contributed by atoms with Crippen molar-refractivity contribution in [2.45, 2.75) is 6.54 Å². The molecule has 0 unspecified atom stereocenters. The van der Waals surface area contributed by atoms with Crippen molar-refractivity contribution < 1.29 is 18.7 Å². The van der Waals surface area contributed by atoms with Crippen molar-refractivity contribution in [3.8, 4) is 11.8 Å². The van der Waals surface area contributed by atoms with Gasteiger partial charge in [0.15, 0.2) is 0 Å². The zero-order chi connectivity index (χ0) is 22.7. The molecule has 0 aliphatic rings. The minimum Gasteiger partial charge on any atom is -0.507 e. The van der Waals surface area contributed by atoms with Crippen molar-refractivity contribution in [2.75, 3.05) is 0 Å². The molecule has 4 aromatic rings. The highest BCUT2D eigenvalue weighted by atomic mass is 19.1. The second kappa shape index (κ2) is 8.70. The van der Waals surface area contributed by atoms with Gasteiger partial charge in [0.05, 0.1) is 11.8 Å². The molecule has 32 heavy (non-hydrogen) atoms. The Morgan fingerprint density at radius 1 is 1.12 bits per heavy atom. The number of hydrazone groups is 1. The van der Waals surface area contributed by atoms with Crippen LogP contribution < -0.4 is 5.43 Å². The first-order valence-electron chi connectivity index (χ1n) is 9.54. The van der Waals surface area contributed by atoms with Crippen LogP contribution in [0.1, 0.15) is 27.0 Å². The number of carbonyl (C=O) groups is 1. The van der Waals surface area contributed by atoms with Crippen LogP contribution in [0.25, 0.3) is 10.9 Å². The van der Waals surface area contributed by atoms with Gasteiger partial charge in [-0.25, -0.2) is 14.2 Å². The third kappa shape index (κ3) is 4.32. The monoisotopic (exact) mass is 430 g/mol. The quantitative estimate of drug-likeness (QED) is 0.365. The highest BCUT2D eigenvalue weighted by Gasteiger charge is 2.09. The lowest BCUT2D eigenvalue weighted by atomic mass is 10.1. The number of carbonyl (C=O) groups excluding carboxylic acids is 1. The third-order valence-electron chi connectivity index (χ3n) is 4.87. The summed E-state index contributed by atoms with van der Waals surface area (Å²) in [5.41, 5.74) is 4.63. The van der Waals surface area contributed by atoms with Crippen LogP contribution in [0, 0.1) is 23.0 Å². The number of halogens is 2. The summed E-state index contributed by atoms with van der Waals surface area (Å²) >= 11 is 0. The van der Waals surface area contributed by atoms with Crippen LogP contribution in [0.3, 0.4) is 0 Å². The fourth-order valence-electron chi connectivity index (χ4n) is 3.39. The van der Waals surface area contributed by atoms with Crippen LogP contribution in [0.2, 0.25) is 0 Å². The van der Waals surface area contributed by atoms with E-state index in [0.717, 1.165) is 22.5 Å². The topological polar surface area (TPSA) is 90.4 Å². The van der Waals surface area contributed by atoms with Gasteiger partial charge in [-0.2, -0.15) is 10.4 Å².